The van der Waals surface area contributed by atoms with E-state index in [1.54, 1.807) is 0 Å². The van der Waals surface area contributed by atoms with Crippen LogP contribution in [0.25, 0.3) is 0 Å². The molecule has 80 valence electrons. The third kappa shape index (κ3) is 6.05. The van der Waals surface area contributed by atoms with Gasteiger partial charge in [-0.25, -0.2) is 0 Å². The van der Waals surface area contributed by atoms with Gasteiger partial charge in [0.1, 0.15) is 0 Å². The largest absolute Gasteiger partial charge is 0.396 e. The van der Waals surface area contributed by atoms with E-state index >= 15 is 0 Å². The van der Waals surface area contributed by atoms with E-state index in [0.29, 0.717) is 6.61 Å². The second kappa shape index (κ2) is 7.34. The van der Waals surface area contributed by atoms with Crippen LogP contribution in [0.4, 0.5) is 0 Å². The molecule has 0 unspecified atom stereocenters. The van der Waals surface area contributed by atoms with Gasteiger partial charge < -0.3 is 10.4 Å². The third-order valence-electron chi connectivity index (χ3n) is 2.60. The van der Waals surface area contributed by atoms with Crippen molar-refractivity contribution in [2.45, 2.75) is 34.1 Å². The summed E-state index contributed by atoms with van der Waals surface area (Å²) in [5.74, 6) is 2.22. The molecule has 0 aromatic heterocycles. The summed E-state index contributed by atoms with van der Waals surface area (Å²) in [5.41, 5.74) is 0. The van der Waals surface area contributed by atoms with Crippen LogP contribution in [-0.2, 0) is 0 Å². The Kier molecular flexibility index (Phi) is 7.29. The maximum atomic E-state index is 8.61. The van der Waals surface area contributed by atoms with Gasteiger partial charge in [0.05, 0.1) is 0 Å². The maximum Gasteiger partial charge on any atom is 0.0443 e. The summed E-state index contributed by atoms with van der Waals surface area (Å²) in [6.07, 6.45) is 0.864. The van der Waals surface area contributed by atoms with Gasteiger partial charge in [0.15, 0.2) is 0 Å². The minimum absolute atomic E-state index is 0.293. The number of hydrogen-bond acceptors (Lipinski definition) is 2. The molecule has 2 nitrogen and oxygen atoms in total. The van der Waals surface area contributed by atoms with E-state index in [-0.39, 0.29) is 0 Å². The van der Waals surface area contributed by atoms with E-state index in [1.807, 2.05) is 0 Å². The van der Waals surface area contributed by atoms with Gasteiger partial charge >= 0.3 is 0 Å². The fraction of sp³-hybridized carbons (Fsp3) is 1.00. The van der Waals surface area contributed by atoms with Crippen LogP contribution in [0.5, 0.6) is 0 Å². The fourth-order valence-corrected chi connectivity index (χ4v) is 1.71. The van der Waals surface area contributed by atoms with Crippen molar-refractivity contribution in [2.24, 2.45) is 17.8 Å². The topological polar surface area (TPSA) is 32.3 Å². The van der Waals surface area contributed by atoms with Crippen molar-refractivity contribution >= 4 is 0 Å². The molecular weight excluding hydrogens is 162 g/mol. The van der Waals surface area contributed by atoms with Gasteiger partial charge in [-0.1, -0.05) is 27.7 Å². The van der Waals surface area contributed by atoms with E-state index < -0.39 is 0 Å². The molecule has 0 aliphatic heterocycles. The first-order chi connectivity index (χ1) is 6.09. The molecule has 0 atom stereocenters. The lowest BCUT2D eigenvalue weighted by Crippen LogP contribution is -2.30. The van der Waals surface area contributed by atoms with Crippen LogP contribution in [0, 0.1) is 17.8 Å². The lowest BCUT2D eigenvalue weighted by atomic mass is 9.85. The van der Waals surface area contributed by atoms with Gasteiger partial charge in [-0.15, -0.1) is 0 Å². The van der Waals surface area contributed by atoms with Crippen LogP contribution in [0.3, 0.4) is 0 Å². The highest BCUT2D eigenvalue weighted by Gasteiger charge is 2.16. The molecule has 0 aromatic rings. The zero-order valence-corrected chi connectivity index (χ0v) is 9.51. The van der Waals surface area contributed by atoms with Crippen molar-refractivity contribution in [3.8, 4) is 0 Å². The predicted octanol–water partition coefficient (Wildman–Crippen LogP) is 1.89. The third-order valence-corrected chi connectivity index (χ3v) is 2.60. The molecule has 0 saturated carbocycles. The first kappa shape index (κ1) is 12.9. The van der Waals surface area contributed by atoms with Gasteiger partial charge in [-0.05, 0) is 37.3 Å². The summed E-state index contributed by atoms with van der Waals surface area (Å²) in [6, 6.07) is 0. The molecule has 0 spiro atoms. The molecule has 0 rings (SSSR count). The van der Waals surface area contributed by atoms with Crippen molar-refractivity contribution in [3.63, 3.8) is 0 Å². The standard InChI is InChI=1S/C11H25NO/c1-9(2)11(10(3)4)8-12-6-5-7-13/h9-13H,5-8H2,1-4H3. The minimum Gasteiger partial charge on any atom is -0.396 e. The molecule has 0 fully saturated rings. The highest BCUT2D eigenvalue weighted by atomic mass is 16.3. The highest BCUT2D eigenvalue weighted by Crippen LogP contribution is 2.19. The van der Waals surface area contributed by atoms with Crippen molar-refractivity contribution in [3.05, 3.63) is 0 Å². The van der Waals surface area contributed by atoms with Gasteiger partial charge in [-0.2, -0.15) is 0 Å². The molecule has 0 saturated heterocycles. The zero-order valence-electron chi connectivity index (χ0n) is 9.51. The van der Waals surface area contributed by atoms with Crippen LogP contribution in [0.15, 0.2) is 0 Å². The van der Waals surface area contributed by atoms with Crippen LogP contribution in [0.2, 0.25) is 0 Å². The highest BCUT2D eigenvalue weighted by molar-refractivity contribution is 4.69. The molecule has 2 heteroatoms. The van der Waals surface area contributed by atoms with Gasteiger partial charge in [0.2, 0.25) is 0 Å². The Morgan fingerprint density at radius 3 is 2.00 bits per heavy atom. The molecule has 0 aliphatic rings. The Morgan fingerprint density at radius 2 is 1.62 bits per heavy atom. The first-order valence-corrected chi connectivity index (χ1v) is 5.41. The Bertz CT molecular complexity index is 105. The Labute approximate surface area is 82.7 Å². The first-order valence-electron chi connectivity index (χ1n) is 5.41. The van der Waals surface area contributed by atoms with Crippen LogP contribution >= 0.6 is 0 Å². The van der Waals surface area contributed by atoms with Crippen molar-refractivity contribution in [1.29, 1.82) is 0 Å². The number of aliphatic hydroxyl groups is 1. The average Bonchev–Trinajstić information content (AvgIpc) is 2.02. The Hall–Kier alpha value is -0.0800. The molecule has 0 bridgehead atoms. The summed E-state index contributed by atoms with van der Waals surface area (Å²) >= 11 is 0. The van der Waals surface area contributed by atoms with Crippen LogP contribution in [0.1, 0.15) is 34.1 Å². The summed E-state index contributed by atoms with van der Waals surface area (Å²) in [7, 11) is 0. The predicted molar refractivity (Wildman–Crippen MR) is 57.7 cm³/mol. The van der Waals surface area contributed by atoms with E-state index in [1.165, 1.54) is 0 Å². The Balaban J connectivity index is 3.58. The Morgan fingerprint density at radius 1 is 1.08 bits per heavy atom. The molecule has 0 radical (unpaired) electrons. The zero-order chi connectivity index (χ0) is 10.3. The summed E-state index contributed by atoms with van der Waals surface area (Å²) in [6.45, 7) is 11.4. The van der Waals surface area contributed by atoms with Gasteiger partial charge in [0, 0.05) is 6.61 Å². The second-order valence-electron chi connectivity index (χ2n) is 4.43. The number of hydrogen-bond donors (Lipinski definition) is 2. The molecule has 0 aromatic carbocycles. The second-order valence-corrected chi connectivity index (χ2v) is 4.43. The van der Waals surface area contributed by atoms with Crippen molar-refractivity contribution in [1.82, 2.24) is 5.32 Å². The van der Waals surface area contributed by atoms with Gasteiger partial charge in [-0.3, -0.25) is 0 Å². The van der Waals surface area contributed by atoms with E-state index in [9.17, 15) is 0 Å². The number of nitrogens with one attached hydrogen (secondary N) is 1. The lowest BCUT2D eigenvalue weighted by Gasteiger charge is -2.25. The SMILES string of the molecule is CC(C)C(CNCCCO)C(C)C. The quantitative estimate of drug-likeness (QED) is 0.597. The summed E-state index contributed by atoms with van der Waals surface area (Å²) in [5, 5.41) is 12.0. The smallest absolute Gasteiger partial charge is 0.0443 e. The van der Waals surface area contributed by atoms with Crippen molar-refractivity contribution in [2.75, 3.05) is 19.7 Å². The van der Waals surface area contributed by atoms with E-state index in [2.05, 4.69) is 33.0 Å². The molecule has 0 heterocycles. The summed E-state index contributed by atoms with van der Waals surface area (Å²) < 4.78 is 0. The molecule has 2 N–H and O–H groups in total. The minimum atomic E-state index is 0.293. The molecule has 0 aliphatic carbocycles. The fourth-order valence-electron chi connectivity index (χ4n) is 1.71. The molecule has 0 amide bonds. The van der Waals surface area contributed by atoms with Crippen LogP contribution < -0.4 is 5.32 Å². The monoisotopic (exact) mass is 187 g/mol. The van der Waals surface area contributed by atoms with E-state index in [0.717, 1.165) is 37.3 Å². The maximum absolute atomic E-state index is 8.61. The van der Waals surface area contributed by atoms with Crippen molar-refractivity contribution < 1.29 is 5.11 Å². The number of rotatable bonds is 7. The summed E-state index contributed by atoms with van der Waals surface area (Å²) in [4.78, 5) is 0. The normalized spacial score (nSPS) is 12.0. The lowest BCUT2D eigenvalue weighted by molar-refractivity contribution is 0.261. The average molecular weight is 187 g/mol. The molecule has 13 heavy (non-hydrogen) atoms. The number of aliphatic hydroxyl groups excluding tert-OH is 1. The van der Waals surface area contributed by atoms with E-state index in [4.69, 9.17) is 5.11 Å². The van der Waals surface area contributed by atoms with Crippen LogP contribution in [-0.4, -0.2) is 24.8 Å². The van der Waals surface area contributed by atoms with Gasteiger partial charge in [0.25, 0.3) is 0 Å². The molecular formula is C11H25NO.